The van der Waals surface area contributed by atoms with E-state index in [1.807, 2.05) is 12.1 Å². The quantitative estimate of drug-likeness (QED) is 0.642. The number of hydrogen-bond donors (Lipinski definition) is 2. The van der Waals surface area contributed by atoms with Crippen molar-refractivity contribution in [1.82, 2.24) is 5.43 Å². The molecule has 0 aliphatic heterocycles. The van der Waals surface area contributed by atoms with Crippen LogP contribution in [0.2, 0.25) is 0 Å². The van der Waals surface area contributed by atoms with Crippen LogP contribution < -0.4 is 11.3 Å². The Kier molecular flexibility index (Phi) is 3.84. The topological polar surface area (TPSA) is 51.2 Å². The van der Waals surface area contributed by atoms with Gasteiger partial charge in [0.05, 0.1) is 0 Å². The number of benzene rings is 1. The van der Waals surface area contributed by atoms with Gasteiger partial charge in [-0.1, -0.05) is 30.7 Å². The maximum Gasteiger partial charge on any atom is 0.126 e. The van der Waals surface area contributed by atoms with Gasteiger partial charge in [-0.05, 0) is 37.1 Å². The highest BCUT2D eigenvalue weighted by Gasteiger charge is 2.18. The van der Waals surface area contributed by atoms with Gasteiger partial charge in [-0.2, -0.15) is 0 Å². The van der Waals surface area contributed by atoms with Crippen LogP contribution in [0.3, 0.4) is 0 Å². The summed E-state index contributed by atoms with van der Waals surface area (Å²) in [4.78, 5) is 0. The van der Waals surface area contributed by atoms with Crippen LogP contribution >= 0.6 is 0 Å². The molecule has 0 amide bonds. The Morgan fingerprint density at radius 2 is 2.00 bits per heavy atom. The molecule has 1 aromatic carbocycles. The highest BCUT2D eigenvalue weighted by Crippen LogP contribution is 2.26. The lowest BCUT2D eigenvalue weighted by molar-refractivity contribution is 0.425. The predicted octanol–water partition coefficient (Wildman–Crippen LogP) is 3.01. The summed E-state index contributed by atoms with van der Waals surface area (Å²) in [6.45, 7) is 6.24. The number of hydrazine groups is 1. The fourth-order valence-corrected chi connectivity index (χ4v) is 2.14. The second kappa shape index (κ2) is 5.38. The van der Waals surface area contributed by atoms with Gasteiger partial charge in [0, 0.05) is 6.42 Å². The van der Waals surface area contributed by atoms with Crippen molar-refractivity contribution in [3.8, 4) is 0 Å². The molecule has 0 radical (unpaired) electrons. The summed E-state index contributed by atoms with van der Waals surface area (Å²) < 4.78 is 5.79. The minimum absolute atomic E-state index is 0.0924. The van der Waals surface area contributed by atoms with Gasteiger partial charge in [0.15, 0.2) is 0 Å². The average Bonchev–Trinajstić information content (AvgIpc) is 2.83. The summed E-state index contributed by atoms with van der Waals surface area (Å²) in [7, 11) is 0. The van der Waals surface area contributed by atoms with Crippen LogP contribution in [0.5, 0.6) is 0 Å². The normalized spacial score (nSPS) is 12.7. The van der Waals surface area contributed by atoms with Gasteiger partial charge in [-0.3, -0.25) is 5.84 Å². The molecule has 1 aromatic heterocycles. The zero-order valence-corrected chi connectivity index (χ0v) is 11.2. The summed E-state index contributed by atoms with van der Waals surface area (Å²) >= 11 is 0. The van der Waals surface area contributed by atoms with E-state index in [2.05, 4.69) is 44.4 Å². The molecule has 3 heteroatoms. The molecule has 0 fully saturated rings. The van der Waals surface area contributed by atoms with E-state index < -0.39 is 0 Å². The van der Waals surface area contributed by atoms with Gasteiger partial charge < -0.3 is 4.42 Å². The standard InChI is InChI=1S/C15H20N2O/c1-4-12-7-8-14(18-12)15(17-16)13-9-10(2)5-6-11(13)3/h5-9,15,17H,4,16H2,1-3H3. The zero-order valence-electron chi connectivity index (χ0n) is 11.2. The molecule has 0 saturated carbocycles. The lowest BCUT2D eigenvalue weighted by Gasteiger charge is -2.17. The fourth-order valence-electron chi connectivity index (χ4n) is 2.14. The second-order valence-electron chi connectivity index (χ2n) is 4.62. The van der Waals surface area contributed by atoms with E-state index in [0.29, 0.717) is 0 Å². The van der Waals surface area contributed by atoms with Crippen molar-refractivity contribution < 1.29 is 4.42 Å². The Hall–Kier alpha value is -1.58. The Labute approximate surface area is 108 Å². The molecule has 0 bridgehead atoms. The Morgan fingerprint density at radius 3 is 2.61 bits per heavy atom. The van der Waals surface area contributed by atoms with Gasteiger partial charge in [0.25, 0.3) is 0 Å². The molecule has 2 rings (SSSR count). The van der Waals surface area contributed by atoms with Crippen LogP contribution in [0.4, 0.5) is 0 Å². The molecule has 0 spiro atoms. The predicted molar refractivity (Wildman–Crippen MR) is 73.2 cm³/mol. The van der Waals surface area contributed by atoms with E-state index in [4.69, 9.17) is 10.3 Å². The first-order chi connectivity index (χ1) is 8.65. The highest BCUT2D eigenvalue weighted by molar-refractivity contribution is 5.36. The molecular weight excluding hydrogens is 224 g/mol. The molecule has 3 N–H and O–H groups in total. The first-order valence-electron chi connectivity index (χ1n) is 6.27. The monoisotopic (exact) mass is 244 g/mol. The summed E-state index contributed by atoms with van der Waals surface area (Å²) in [5.74, 6) is 7.54. The minimum Gasteiger partial charge on any atom is -0.464 e. The molecule has 1 unspecified atom stereocenters. The van der Waals surface area contributed by atoms with Crippen LogP contribution in [0, 0.1) is 13.8 Å². The maximum atomic E-state index is 5.79. The van der Waals surface area contributed by atoms with Crippen molar-refractivity contribution in [2.75, 3.05) is 0 Å². The number of rotatable bonds is 4. The van der Waals surface area contributed by atoms with Crippen LogP contribution in [-0.2, 0) is 6.42 Å². The summed E-state index contributed by atoms with van der Waals surface area (Å²) in [6, 6.07) is 10.3. The lowest BCUT2D eigenvalue weighted by Crippen LogP contribution is -2.29. The number of furan rings is 1. The third-order valence-electron chi connectivity index (χ3n) is 3.23. The zero-order chi connectivity index (χ0) is 13.1. The maximum absolute atomic E-state index is 5.79. The molecule has 0 aliphatic rings. The summed E-state index contributed by atoms with van der Waals surface area (Å²) in [5, 5.41) is 0. The summed E-state index contributed by atoms with van der Waals surface area (Å²) in [5.41, 5.74) is 6.43. The van der Waals surface area contributed by atoms with Crippen molar-refractivity contribution in [1.29, 1.82) is 0 Å². The molecular formula is C15H20N2O. The largest absolute Gasteiger partial charge is 0.464 e. The van der Waals surface area contributed by atoms with E-state index in [1.165, 1.54) is 11.1 Å². The van der Waals surface area contributed by atoms with Crippen molar-refractivity contribution in [2.45, 2.75) is 33.2 Å². The molecule has 1 heterocycles. The third-order valence-corrected chi connectivity index (χ3v) is 3.23. The SMILES string of the molecule is CCc1ccc(C(NN)c2cc(C)ccc2C)o1. The first-order valence-corrected chi connectivity index (χ1v) is 6.27. The van der Waals surface area contributed by atoms with E-state index in [-0.39, 0.29) is 6.04 Å². The van der Waals surface area contributed by atoms with Gasteiger partial charge in [-0.15, -0.1) is 0 Å². The fraction of sp³-hybridized carbons (Fsp3) is 0.333. The van der Waals surface area contributed by atoms with E-state index in [9.17, 15) is 0 Å². The average molecular weight is 244 g/mol. The first kappa shape index (κ1) is 12.9. The van der Waals surface area contributed by atoms with Crippen LogP contribution in [0.15, 0.2) is 34.7 Å². The number of hydrogen-bond acceptors (Lipinski definition) is 3. The molecule has 96 valence electrons. The minimum atomic E-state index is -0.0924. The van der Waals surface area contributed by atoms with E-state index in [1.54, 1.807) is 0 Å². The van der Waals surface area contributed by atoms with Crippen LogP contribution in [0.25, 0.3) is 0 Å². The van der Waals surface area contributed by atoms with Crippen molar-refractivity contribution in [3.63, 3.8) is 0 Å². The van der Waals surface area contributed by atoms with Gasteiger partial charge >= 0.3 is 0 Å². The highest BCUT2D eigenvalue weighted by atomic mass is 16.3. The Bertz CT molecular complexity index is 531. The van der Waals surface area contributed by atoms with Crippen LogP contribution in [-0.4, -0.2) is 0 Å². The number of nitrogens with one attached hydrogen (secondary N) is 1. The lowest BCUT2D eigenvalue weighted by atomic mass is 9.98. The molecule has 18 heavy (non-hydrogen) atoms. The molecule has 3 nitrogen and oxygen atoms in total. The smallest absolute Gasteiger partial charge is 0.126 e. The molecule has 2 aromatic rings. The Morgan fingerprint density at radius 1 is 1.22 bits per heavy atom. The van der Waals surface area contributed by atoms with Gasteiger partial charge in [0.1, 0.15) is 17.6 Å². The molecule has 1 atom stereocenters. The molecule has 0 saturated heterocycles. The number of aryl methyl sites for hydroxylation is 3. The van der Waals surface area contributed by atoms with Gasteiger partial charge in [0.2, 0.25) is 0 Å². The van der Waals surface area contributed by atoms with E-state index >= 15 is 0 Å². The molecule has 0 aliphatic carbocycles. The Balaban J connectivity index is 2.41. The van der Waals surface area contributed by atoms with Crippen molar-refractivity contribution >= 4 is 0 Å². The van der Waals surface area contributed by atoms with E-state index in [0.717, 1.165) is 23.5 Å². The summed E-state index contributed by atoms with van der Waals surface area (Å²) in [6.07, 6.45) is 0.893. The van der Waals surface area contributed by atoms with Gasteiger partial charge in [-0.25, -0.2) is 5.43 Å². The third kappa shape index (κ3) is 2.47. The number of nitrogens with two attached hydrogens (primary N) is 1. The second-order valence-corrected chi connectivity index (χ2v) is 4.62. The van der Waals surface area contributed by atoms with Crippen molar-refractivity contribution in [2.24, 2.45) is 5.84 Å². The van der Waals surface area contributed by atoms with Crippen LogP contribution in [0.1, 0.15) is 41.2 Å². The van der Waals surface area contributed by atoms with Crippen molar-refractivity contribution in [3.05, 3.63) is 58.5 Å².